The first kappa shape index (κ1) is 16.7. The second-order valence-corrected chi connectivity index (χ2v) is 8.38. The highest BCUT2D eigenvalue weighted by atomic mass is 32.2. The Labute approximate surface area is 152 Å². The summed E-state index contributed by atoms with van der Waals surface area (Å²) in [5.41, 5.74) is 2.30. The first-order valence-electron chi connectivity index (χ1n) is 8.74. The van der Waals surface area contributed by atoms with Gasteiger partial charge in [0.15, 0.2) is 11.6 Å². The number of methoxy groups -OCH3 is 1. The molecule has 0 aromatic heterocycles. The highest BCUT2D eigenvalue weighted by molar-refractivity contribution is 8.02. The largest absolute Gasteiger partial charge is 0.494 e. The van der Waals surface area contributed by atoms with Crippen molar-refractivity contribution in [2.75, 3.05) is 31.0 Å². The Morgan fingerprint density at radius 2 is 1.92 bits per heavy atom. The SMILES string of the molecule is COc1ccc(CN2CC[C@]3(CCN(c4ccccc4)S3)C2)cc1F. The number of rotatable bonds is 4. The fourth-order valence-corrected chi connectivity index (χ4v) is 5.30. The maximum Gasteiger partial charge on any atom is 0.165 e. The molecule has 0 unspecified atom stereocenters. The zero-order valence-corrected chi connectivity index (χ0v) is 15.3. The number of hydrogen-bond donors (Lipinski definition) is 0. The predicted octanol–water partition coefficient (Wildman–Crippen LogP) is 4.34. The second-order valence-electron chi connectivity index (χ2n) is 6.89. The number of likely N-dealkylation sites (tertiary alicyclic amines) is 1. The molecular weight excluding hydrogens is 335 g/mol. The third-order valence-corrected chi connectivity index (χ3v) is 6.67. The van der Waals surface area contributed by atoms with Crippen LogP contribution < -0.4 is 9.04 Å². The Morgan fingerprint density at radius 1 is 1.12 bits per heavy atom. The van der Waals surface area contributed by atoms with E-state index in [1.807, 2.05) is 18.0 Å². The summed E-state index contributed by atoms with van der Waals surface area (Å²) in [6, 6.07) is 15.9. The zero-order valence-electron chi connectivity index (χ0n) is 14.5. The van der Waals surface area contributed by atoms with E-state index in [0.717, 1.165) is 31.7 Å². The van der Waals surface area contributed by atoms with Gasteiger partial charge in [-0.25, -0.2) is 4.39 Å². The normalized spacial score (nSPS) is 23.5. The lowest BCUT2D eigenvalue weighted by molar-refractivity contribution is 0.320. The number of benzene rings is 2. The maximum absolute atomic E-state index is 13.9. The van der Waals surface area contributed by atoms with Crippen molar-refractivity contribution in [2.45, 2.75) is 24.1 Å². The van der Waals surface area contributed by atoms with E-state index in [-0.39, 0.29) is 5.82 Å². The van der Waals surface area contributed by atoms with Crippen LogP contribution in [0, 0.1) is 5.82 Å². The molecule has 0 N–H and O–H groups in total. The van der Waals surface area contributed by atoms with E-state index >= 15 is 0 Å². The fraction of sp³-hybridized carbons (Fsp3) is 0.400. The summed E-state index contributed by atoms with van der Waals surface area (Å²) in [5, 5.41) is 0. The molecule has 25 heavy (non-hydrogen) atoms. The van der Waals surface area contributed by atoms with Crippen molar-refractivity contribution in [3.05, 3.63) is 59.9 Å². The van der Waals surface area contributed by atoms with E-state index in [0.29, 0.717) is 10.5 Å². The van der Waals surface area contributed by atoms with Gasteiger partial charge >= 0.3 is 0 Å². The van der Waals surface area contributed by atoms with Gasteiger partial charge in [0.1, 0.15) is 0 Å². The molecule has 5 heteroatoms. The molecule has 0 saturated carbocycles. The van der Waals surface area contributed by atoms with Gasteiger partial charge in [0.25, 0.3) is 0 Å². The Kier molecular flexibility index (Phi) is 4.61. The summed E-state index contributed by atoms with van der Waals surface area (Å²) >= 11 is 1.99. The van der Waals surface area contributed by atoms with Crippen LogP contribution in [-0.4, -0.2) is 36.4 Å². The van der Waals surface area contributed by atoms with Crippen LogP contribution in [0.5, 0.6) is 5.75 Å². The van der Waals surface area contributed by atoms with Gasteiger partial charge in [-0.05, 0) is 61.2 Å². The molecule has 2 heterocycles. The van der Waals surface area contributed by atoms with Crippen molar-refractivity contribution in [1.82, 2.24) is 4.90 Å². The average molecular weight is 358 g/mol. The van der Waals surface area contributed by atoms with Crippen LogP contribution in [0.3, 0.4) is 0 Å². The maximum atomic E-state index is 13.9. The summed E-state index contributed by atoms with van der Waals surface area (Å²) in [5.74, 6) is 0.0332. The quantitative estimate of drug-likeness (QED) is 0.755. The lowest BCUT2D eigenvalue weighted by Gasteiger charge is -2.24. The van der Waals surface area contributed by atoms with Crippen LogP contribution in [0.15, 0.2) is 48.5 Å². The predicted molar refractivity (Wildman–Crippen MR) is 102 cm³/mol. The van der Waals surface area contributed by atoms with Gasteiger partial charge < -0.3 is 9.04 Å². The minimum atomic E-state index is -0.278. The van der Waals surface area contributed by atoms with Gasteiger partial charge in [0.05, 0.1) is 11.9 Å². The molecule has 2 fully saturated rings. The number of anilines is 1. The molecule has 3 nitrogen and oxygen atoms in total. The third-order valence-electron chi connectivity index (χ3n) is 5.14. The summed E-state index contributed by atoms with van der Waals surface area (Å²) < 4.78 is 21.6. The molecule has 2 aliphatic rings. The molecule has 2 aromatic rings. The number of ether oxygens (including phenoxy) is 1. The lowest BCUT2D eigenvalue weighted by atomic mass is 10.0. The summed E-state index contributed by atoms with van der Waals surface area (Å²) in [4.78, 5) is 2.45. The van der Waals surface area contributed by atoms with Gasteiger partial charge in [0.2, 0.25) is 0 Å². The van der Waals surface area contributed by atoms with E-state index in [2.05, 4.69) is 39.5 Å². The molecule has 1 spiro atoms. The van der Waals surface area contributed by atoms with Crippen molar-refractivity contribution in [1.29, 1.82) is 0 Å². The smallest absolute Gasteiger partial charge is 0.165 e. The molecule has 132 valence electrons. The first-order chi connectivity index (χ1) is 12.2. The van der Waals surface area contributed by atoms with E-state index in [1.165, 1.54) is 25.6 Å². The summed E-state index contributed by atoms with van der Waals surface area (Å²) in [6.07, 6.45) is 2.40. The Hall–Kier alpha value is -1.72. The topological polar surface area (TPSA) is 15.7 Å². The zero-order chi connectivity index (χ0) is 17.3. The third kappa shape index (κ3) is 3.48. The fourth-order valence-electron chi connectivity index (χ4n) is 3.81. The molecule has 0 bridgehead atoms. The molecule has 2 aliphatic heterocycles. The number of para-hydroxylation sites is 1. The molecule has 4 rings (SSSR count). The average Bonchev–Trinajstić information content (AvgIpc) is 3.23. The van der Waals surface area contributed by atoms with E-state index in [9.17, 15) is 4.39 Å². The Balaban J connectivity index is 1.39. The number of nitrogens with zero attached hydrogens (tertiary/aromatic N) is 2. The van der Waals surface area contributed by atoms with Crippen LogP contribution >= 0.6 is 11.9 Å². The summed E-state index contributed by atoms with van der Waals surface area (Å²) in [6.45, 7) is 4.03. The Bertz CT molecular complexity index is 742. The molecule has 0 radical (unpaired) electrons. The molecule has 1 atom stereocenters. The highest BCUT2D eigenvalue weighted by Crippen LogP contribution is 2.47. The van der Waals surface area contributed by atoms with E-state index in [4.69, 9.17) is 4.74 Å². The minimum Gasteiger partial charge on any atom is -0.494 e. The van der Waals surface area contributed by atoms with Gasteiger partial charge in [-0.3, -0.25) is 4.90 Å². The number of hydrogen-bond acceptors (Lipinski definition) is 4. The van der Waals surface area contributed by atoms with Crippen molar-refractivity contribution in [3.8, 4) is 5.75 Å². The molecule has 0 amide bonds. The second kappa shape index (κ2) is 6.89. The van der Waals surface area contributed by atoms with Gasteiger partial charge in [0, 0.05) is 25.3 Å². The molecule has 2 aromatic carbocycles. The van der Waals surface area contributed by atoms with Crippen molar-refractivity contribution < 1.29 is 9.13 Å². The standard InChI is InChI=1S/C20H23FN2OS/c1-24-19-8-7-16(13-18(19)21)14-22-11-9-20(15-22)10-12-23(25-20)17-5-3-2-4-6-17/h2-8,13H,9-12,14-15H2,1H3/t20-/m0/s1. The number of halogens is 1. The van der Waals surface area contributed by atoms with Crippen molar-refractivity contribution in [2.24, 2.45) is 0 Å². The van der Waals surface area contributed by atoms with Crippen molar-refractivity contribution >= 4 is 17.6 Å². The van der Waals surface area contributed by atoms with Gasteiger partial charge in [-0.2, -0.15) is 0 Å². The summed E-state index contributed by atoms with van der Waals surface area (Å²) in [7, 11) is 1.50. The Morgan fingerprint density at radius 3 is 2.68 bits per heavy atom. The van der Waals surface area contributed by atoms with Crippen LogP contribution in [0.1, 0.15) is 18.4 Å². The minimum absolute atomic E-state index is 0.278. The van der Waals surface area contributed by atoms with E-state index < -0.39 is 0 Å². The lowest BCUT2D eigenvalue weighted by Crippen LogP contribution is -2.28. The van der Waals surface area contributed by atoms with E-state index in [1.54, 1.807) is 12.1 Å². The van der Waals surface area contributed by atoms with Crippen LogP contribution in [0.4, 0.5) is 10.1 Å². The molecular formula is C20H23FN2OS. The highest BCUT2D eigenvalue weighted by Gasteiger charge is 2.44. The van der Waals surface area contributed by atoms with Crippen LogP contribution in [0.2, 0.25) is 0 Å². The van der Waals surface area contributed by atoms with Gasteiger partial charge in [-0.1, -0.05) is 24.3 Å². The van der Waals surface area contributed by atoms with Crippen LogP contribution in [0.25, 0.3) is 0 Å². The molecule has 0 aliphatic carbocycles. The first-order valence-corrected chi connectivity index (χ1v) is 9.51. The molecule has 2 saturated heterocycles. The van der Waals surface area contributed by atoms with Gasteiger partial charge in [-0.15, -0.1) is 0 Å². The van der Waals surface area contributed by atoms with Crippen molar-refractivity contribution in [3.63, 3.8) is 0 Å². The monoisotopic (exact) mass is 358 g/mol. The van der Waals surface area contributed by atoms with Crippen LogP contribution in [-0.2, 0) is 6.54 Å².